The number of halogens is 1. The first kappa shape index (κ1) is 22.3. The molecule has 3 aliphatic rings. The number of aromatic amines is 1. The number of H-pyrrole nitrogens is 1. The van der Waals surface area contributed by atoms with Crippen LogP contribution in [0, 0.1) is 11.8 Å². The van der Waals surface area contributed by atoms with Crippen LogP contribution in [0.4, 0.5) is 5.69 Å². The number of carbonyl (C=O) groups is 3. The van der Waals surface area contributed by atoms with E-state index in [4.69, 9.17) is 16.3 Å². The second-order valence-electron chi connectivity index (χ2n) is 9.44. The van der Waals surface area contributed by atoms with E-state index in [0.717, 1.165) is 16.5 Å². The molecule has 1 aromatic heterocycles. The van der Waals surface area contributed by atoms with Crippen LogP contribution in [0.1, 0.15) is 17.5 Å². The fourth-order valence-corrected chi connectivity index (χ4v) is 6.31. The topological polar surface area (TPSA) is 104 Å². The lowest BCUT2D eigenvalue weighted by Crippen LogP contribution is -2.53. The van der Waals surface area contributed by atoms with Crippen molar-refractivity contribution in [3.05, 3.63) is 64.8 Å². The molecule has 2 aromatic carbocycles. The third kappa shape index (κ3) is 3.17. The lowest BCUT2D eigenvalue weighted by Gasteiger charge is -2.29. The first-order valence-electron chi connectivity index (χ1n) is 11.7. The molecule has 2 saturated heterocycles. The van der Waals surface area contributed by atoms with Crippen LogP contribution in [0.3, 0.4) is 0 Å². The number of hydrogen-bond acceptors (Lipinski definition) is 5. The Balaban J connectivity index is 1.45. The number of nitrogens with zero attached hydrogens (tertiary/aromatic N) is 1. The van der Waals surface area contributed by atoms with Gasteiger partial charge in [-0.2, -0.15) is 0 Å². The Labute approximate surface area is 207 Å². The maximum absolute atomic E-state index is 13.8. The molecule has 3 aliphatic heterocycles. The summed E-state index contributed by atoms with van der Waals surface area (Å²) in [6.07, 6.45) is 2.96. The minimum atomic E-state index is -1.36. The Kier molecular flexibility index (Phi) is 5.21. The predicted octanol–water partition coefficient (Wildman–Crippen LogP) is 2.82. The van der Waals surface area contributed by atoms with Gasteiger partial charge in [-0.05, 0) is 42.7 Å². The number of ether oxygens (including phenoxy) is 1. The first-order valence-corrected chi connectivity index (χ1v) is 12.1. The average Bonchev–Trinajstić information content (AvgIpc) is 3.55. The van der Waals surface area contributed by atoms with Gasteiger partial charge in [0, 0.05) is 59.7 Å². The number of likely N-dealkylation sites (tertiary alicyclic amines) is 1. The molecular weight excluding hydrogens is 468 g/mol. The summed E-state index contributed by atoms with van der Waals surface area (Å²) in [6, 6.07) is 12.7. The summed E-state index contributed by atoms with van der Waals surface area (Å²) >= 11 is 6.32. The van der Waals surface area contributed by atoms with E-state index < -0.39 is 23.4 Å². The molecule has 1 spiro atoms. The normalized spacial score (nSPS) is 27.2. The number of anilines is 1. The third-order valence-electron chi connectivity index (χ3n) is 7.61. The Hall–Kier alpha value is -3.20. The molecule has 4 heterocycles. The van der Waals surface area contributed by atoms with Gasteiger partial charge in [-0.1, -0.05) is 29.8 Å². The zero-order chi connectivity index (χ0) is 24.3. The van der Waals surface area contributed by atoms with E-state index in [0.29, 0.717) is 35.7 Å². The van der Waals surface area contributed by atoms with Crippen LogP contribution < -0.4 is 10.6 Å². The summed E-state index contributed by atoms with van der Waals surface area (Å²) in [5.41, 5.74) is 1.89. The van der Waals surface area contributed by atoms with Crippen molar-refractivity contribution < 1.29 is 19.1 Å². The zero-order valence-corrected chi connectivity index (χ0v) is 19.9. The first-order chi connectivity index (χ1) is 17.0. The zero-order valence-electron chi connectivity index (χ0n) is 19.1. The Morgan fingerprint density at radius 3 is 2.77 bits per heavy atom. The fourth-order valence-electron chi connectivity index (χ4n) is 6.13. The standard InChI is InChI=1S/C26H25ClN4O4/c1-35-10-4-9-31-23(32)21-20(11-14-13-28-18-6-3-2-5-16(14)18)30-26(22(21)24(31)33)17-12-15(27)7-8-19(17)29-25(26)34/h2-3,5-8,12-13,20-22,28,30H,4,9-11H2,1H3,(H,29,34)/t20-,21-,22+,26-/m1/s1. The van der Waals surface area contributed by atoms with Crippen LogP contribution >= 0.6 is 11.6 Å². The number of hydrogen-bond donors (Lipinski definition) is 3. The molecule has 180 valence electrons. The van der Waals surface area contributed by atoms with Gasteiger partial charge in [0.05, 0.1) is 11.8 Å². The number of para-hydroxylation sites is 1. The van der Waals surface area contributed by atoms with Crippen molar-refractivity contribution in [1.29, 1.82) is 0 Å². The molecule has 0 unspecified atom stereocenters. The molecule has 0 bridgehead atoms. The molecule has 3 N–H and O–H groups in total. The third-order valence-corrected chi connectivity index (χ3v) is 7.85. The largest absolute Gasteiger partial charge is 0.385 e. The lowest BCUT2D eigenvalue weighted by atomic mass is 9.76. The molecular formula is C26H25ClN4O4. The van der Waals surface area contributed by atoms with Crippen LogP contribution in [0.25, 0.3) is 10.9 Å². The summed E-state index contributed by atoms with van der Waals surface area (Å²) in [6.45, 7) is 0.700. The van der Waals surface area contributed by atoms with E-state index in [9.17, 15) is 14.4 Å². The highest BCUT2D eigenvalue weighted by molar-refractivity contribution is 6.31. The number of fused-ring (bicyclic) bond motifs is 5. The maximum atomic E-state index is 13.8. The van der Waals surface area contributed by atoms with E-state index in [1.54, 1.807) is 25.3 Å². The number of rotatable bonds is 6. The van der Waals surface area contributed by atoms with Gasteiger partial charge < -0.3 is 15.0 Å². The van der Waals surface area contributed by atoms with Gasteiger partial charge in [-0.15, -0.1) is 0 Å². The van der Waals surface area contributed by atoms with Gasteiger partial charge in [0.15, 0.2) is 0 Å². The Morgan fingerprint density at radius 2 is 1.94 bits per heavy atom. The molecule has 6 rings (SSSR count). The van der Waals surface area contributed by atoms with Gasteiger partial charge in [-0.3, -0.25) is 24.6 Å². The molecule has 9 heteroatoms. The number of imide groups is 1. The van der Waals surface area contributed by atoms with Gasteiger partial charge >= 0.3 is 0 Å². The highest BCUT2D eigenvalue weighted by Crippen LogP contribution is 2.53. The lowest BCUT2D eigenvalue weighted by molar-refractivity contribution is -0.143. The van der Waals surface area contributed by atoms with Crippen molar-refractivity contribution >= 4 is 45.9 Å². The molecule has 2 fully saturated rings. The van der Waals surface area contributed by atoms with Crippen LogP contribution in [-0.4, -0.2) is 53.9 Å². The van der Waals surface area contributed by atoms with E-state index in [2.05, 4.69) is 15.6 Å². The van der Waals surface area contributed by atoms with E-state index in [1.807, 2.05) is 30.5 Å². The number of amides is 3. The number of nitrogens with one attached hydrogen (secondary N) is 3. The number of carbonyl (C=O) groups excluding carboxylic acids is 3. The molecule has 4 atom stereocenters. The van der Waals surface area contributed by atoms with Crippen molar-refractivity contribution in [2.75, 3.05) is 25.6 Å². The molecule has 0 saturated carbocycles. The van der Waals surface area contributed by atoms with Crippen LogP contribution in [0.15, 0.2) is 48.7 Å². The SMILES string of the molecule is COCCCN1C(=O)[C@H]2[C@@H](C1=O)[C@@]1(N[C@@H]2Cc2c[nH]c3ccccc23)C(=O)Nc2ccc(Cl)cc21. The van der Waals surface area contributed by atoms with Gasteiger partial charge in [0.2, 0.25) is 17.7 Å². The number of benzene rings is 2. The van der Waals surface area contributed by atoms with E-state index in [-0.39, 0.29) is 24.3 Å². The Bertz CT molecular complexity index is 1370. The van der Waals surface area contributed by atoms with Crippen LogP contribution in [-0.2, 0) is 31.1 Å². The molecule has 0 radical (unpaired) electrons. The van der Waals surface area contributed by atoms with Gasteiger partial charge in [0.25, 0.3) is 0 Å². The summed E-state index contributed by atoms with van der Waals surface area (Å²) < 4.78 is 5.12. The van der Waals surface area contributed by atoms with Crippen LogP contribution in [0.5, 0.6) is 0 Å². The van der Waals surface area contributed by atoms with Crippen molar-refractivity contribution in [2.24, 2.45) is 11.8 Å². The summed E-state index contributed by atoms with van der Waals surface area (Å²) in [5, 5.41) is 7.91. The molecule has 8 nitrogen and oxygen atoms in total. The highest BCUT2D eigenvalue weighted by atomic mass is 35.5. The van der Waals surface area contributed by atoms with E-state index >= 15 is 0 Å². The predicted molar refractivity (Wildman–Crippen MR) is 131 cm³/mol. The summed E-state index contributed by atoms with van der Waals surface area (Å²) in [5.74, 6) is -2.42. The minimum absolute atomic E-state index is 0.242. The number of aromatic nitrogens is 1. The fraction of sp³-hybridized carbons (Fsp3) is 0.346. The summed E-state index contributed by atoms with van der Waals surface area (Å²) in [4.78, 5) is 45.6. The highest BCUT2D eigenvalue weighted by Gasteiger charge is 2.70. The monoisotopic (exact) mass is 492 g/mol. The molecule has 35 heavy (non-hydrogen) atoms. The molecule has 3 amide bonds. The average molecular weight is 493 g/mol. The smallest absolute Gasteiger partial charge is 0.250 e. The number of methoxy groups -OCH3 is 1. The second kappa shape index (κ2) is 8.19. The van der Waals surface area contributed by atoms with Crippen molar-refractivity contribution in [2.45, 2.75) is 24.4 Å². The maximum Gasteiger partial charge on any atom is 0.250 e. The van der Waals surface area contributed by atoms with Gasteiger partial charge in [-0.25, -0.2) is 0 Å². The van der Waals surface area contributed by atoms with Crippen molar-refractivity contribution in [1.82, 2.24) is 15.2 Å². The summed E-state index contributed by atoms with van der Waals surface area (Å²) in [7, 11) is 1.59. The van der Waals surface area contributed by atoms with Crippen molar-refractivity contribution in [3.63, 3.8) is 0 Å². The quantitative estimate of drug-likeness (QED) is 0.362. The second-order valence-corrected chi connectivity index (χ2v) is 9.88. The molecule has 0 aliphatic carbocycles. The van der Waals surface area contributed by atoms with Crippen LogP contribution in [0.2, 0.25) is 5.02 Å². The Morgan fingerprint density at radius 1 is 1.11 bits per heavy atom. The van der Waals surface area contributed by atoms with E-state index in [1.165, 1.54) is 4.90 Å². The molecule has 3 aromatic rings. The van der Waals surface area contributed by atoms with Crippen molar-refractivity contribution in [3.8, 4) is 0 Å². The minimum Gasteiger partial charge on any atom is -0.385 e. The van der Waals surface area contributed by atoms with Gasteiger partial charge in [0.1, 0.15) is 5.54 Å².